The van der Waals surface area contributed by atoms with E-state index in [1.165, 1.54) is 12.1 Å². The van der Waals surface area contributed by atoms with Gasteiger partial charge in [-0.25, -0.2) is 9.18 Å². The molecule has 0 radical (unpaired) electrons. The molecule has 0 spiro atoms. The minimum absolute atomic E-state index is 0.145. The fourth-order valence-electron chi connectivity index (χ4n) is 1.68. The number of halogens is 1. The van der Waals surface area contributed by atoms with Crippen molar-refractivity contribution in [2.75, 3.05) is 0 Å². The van der Waals surface area contributed by atoms with E-state index in [0.29, 0.717) is 5.56 Å². The van der Waals surface area contributed by atoms with Crippen LogP contribution >= 0.6 is 0 Å². The molecule has 0 bridgehead atoms. The van der Waals surface area contributed by atoms with Gasteiger partial charge in [-0.3, -0.25) is 4.79 Å². The molecule has 0 aliphatic carbocycles. The second-order valence-electron chi connectivity index (χ2n) is 3.66. The molecule has 0 saturated heterocycles. The summed E-state index contributed by atoms with van der Waals surface area (Å²) in [6, 6.07) is 11.8. The molecule has 0 atom stereocenters. The van der Waals surface area contributed by atoms with Crippen molar-refractivity contribution in [3.8, 4) is 0 Å². The maximum atomic E-state index is 13.4. The fourth-order valence-corrected chi connectivity index (χ4v) is 1.68. The first-order chi connectivity index (χ1) is 8.61. The number of carboxylic acid groups (broad SMARTS) is 1. The molecule has 0 amide bonds. The van der Waals surface area contributed by atoms with Gasteiger partial charge in [0.15, 0.2) is 5.78 Å². The number of hydrogen-bond acceptors (Lipinski definition) is 2. The van der Waals surface area contributed by atoms with E-state index < -0.39 is 23.1 Å². The molecule has 0 aromatic heterocycles. The maximum Gasteiger partial charge on any atom is 0.339 e. The molecule has 3 nitrogen and oxygen atoms in total. The van der Waals surface area contributed by atoms with Gasteiger partial charge in [0.2, 0.25) is 0 Å². The van der Waals surface area contributed by atoms with Crippen molar-refractivity contribution in [3.05, 3.63) is 71.0 Å². The van der Waals surface area contributed by atoms with Crippen molar-refractivity contribution in [2.24, 2.45) is 0 Å². The lowest BCUT2D eigenvalue weighted by Gasteiger charge is -2.06. The SMILES string of the molecule is O=C(c1ccccc1)c1cccc(F)c1C(=O)O. The van der Waals surface area contributed by atoms with Crippen molar-refractivity contribution >= 4 is 11.8 Å². The Morgan fingerprint density at radius 1 is 0.944 bits per heavy atom. The number of aromatic carboxylic acids is 1. The van der Waals surface area contributed by atoms with E-state index in [1.807, 2.05) is 0 Å². The molecule has 2 aromatic carbocycles. The van der Waals surface area contributed by atoms with E-state index in [1.54, 1.807) is 30.3 Å². The average molecular weight is 244 g/mol. The molecule has 4 heteroatoms. The van der Waals surface area contributed by atoms with Crippen molar-refractivity contribution in [3.63, 3.8) is 0 Å². The Bertz CT molecular complexity index is 606. The van der Waals surface area contributed by atoms with Gasteiger partial charge >= 0.3 is 5.97 Å². The van der Waals surface area contributed by atoms with Crippen LogP contribution in [0.2, 0.25) is 0 Å². The highest BCUT2D eigenvalue weighted by Gasteiger charge is 2.21. The molecule has 0 aliphatic heterocycles. The van der Waals surface area contributed by atoms with Gasteiger partial charge in [-0.1, -0.05) is 36.4 Å². The molecular formula is C14H9FO3. The zero-order valence-electron chi connectivity index (χ0n) is 9.26. The highest BCUT2D eigenvalue weighted by Crippen LogP contribution is 2.17. The van der Waals surface area contributed by atoms with Gasteiger partial charge in [-0.05, 0) is 12.1 Å². The van der Waals surface area contributed by atoms with E-state index in [4.69, 9.17) is 5.11 Å². The van der Waals surface area contributed by atoms with Gasteiger partial charge in [0, 0.05) is 11.1 Å². The molecule has 2 rings (SSSR count). The van der Waals surface area contributed by atoms with E-state index in [2.05, 4.69) is 0 Å². The zero-order valence-corrected chi connectivity index (χ0v) is 9.26. The third kappa shape index (κ3) is 2.13. The van der Waals surface area contributed by atoms with Crippen LogP contribution in [0, 0.1) is 5.82 Å². The van der Waals surface area contributed by atoms with E-state index in [-0.39, 0.29) is 5.56 Å². The summed E-state index contributed by atoms with van der Waals surface area (Å²) in [5.74, 6) is -2.87. The van der Waals surface area contributed by atoms with Gasteiger partial charge in [-0.15, -0.1) is 0 Å². The Kier molecular flexibility index (Phi) is 3.19. The van der Waals surface area contributed by atoms with Gasteiger partial charge in [-0.2, -0.15) is 0 Å². The Morgan fingerprint density at radius 2 is 1.61 bits per heavy atom. The average Bonchev–Trinajstić information content (AvgIpc) is 2.38. The van der Waals surface area contributed by atoms with Crippen molar-refractivity contribution in [1.29, 1.82) is 0 Å². The maximum absolute atomic E-state index is 13.4. The quantitative estimate of drug-likeness (QED) is 0.844. The first-order valence-electron chi connectivity index (χ1n) is 5.23. The van der Waals surface area contributed by atoms with Crippen LogP contribution in [0.1, 0.15) is 26.3 Å². The fraction of sp³-hybridized carbons (Fsp3) is 0. The summed E-state index contributed by atoms with van der Waals surface area (Å²) in [6.45, 7) is 0. The van der Waals surface area contributed by atoms with Gasteiger partial charge in [0.1, 0.15) is 11.4 Å². The summed E-state index contributed by atoms with van der Waals surface area (Å²) in [7, 11) is 0. The smallest absolute Gasteiger partial charge is 0.339 e. The molecule has 2 aromatic rings. The lowest BCUT2D eigenvalue weighted by atomic mass is 9.98. The number of carbonyl (C=O) groups excluding carboxylic acids is 1. The minimum Gasteiger partial charge on any atom is -0.478 e. The molecule has 18 heavy (non-hydrogen) atoms. The largest absolute Gasteiger partial charge is 0.478 e. The normalized spacial score (nSPS) is 10.1. The molecule has 90 valence electrons. The standard InChI is InChI=1S/C14H9FO3/c15-11-8-4-7-10(12(11)14(17)18)13(16)9-5-2-1-3-6-9/h1-8H,(H,17,18). The van der Waals surface area contributed by atoms with Crippen molar-refractivity contribution in [2.45, 2.75) is 0 Å². The first kappa shape index (κ1) is 12.0. The van der Waals surface area contributed by atoms with Crippen LogP contribution in [0.4, 0.5) is 4.39 Å². The molecule has 0 heterocycles. The van der Waals surface area contributed by atoms with Crippen LogP contribution in [0.25, 0.3) is 0 Å². The molecular weight excluding hydrogens is 235 g/mol. The van der Waals surface area contributed by atoms with Crippen LogP contribution in [-0.2, 0) is 0 Å². The number of benzene rings is 2. The highest BCUT2D eigenvalue weighted by molar-refractivity contribution is 6.14. The van der Waals surface area contributed by atoms with Crippen LogP contribution in [-0.4, -0.2) is 16.9 Å². The van der Waals surface area contributed by atoms with E-state index in [0.717, 1.165) is 6.07 Å². The van der Waals surface area contributed by atoms with E-state index >= 15 is 0 Å². The monoisotopic (exact) mass is 244 g/mol. The molecule has 0 saturated carbocycles. The summed E-state index contributed by atoms with van der Waals surface area (Å²) in [5.41, 5.74) is -0.411. The van der Waals surface area contributed by atoms with Gasteiger partial charge < -0.3 is 5.11 Å². The Hall–Kier alpha value is -2.49. The highest BCUT2D eigenvalue weighted by atomic mass is 19.1. The predicted octanol–water partition coefficient (Wildman–Crippen LogP) is 2.75. The third-order valence-corrected chi connectivity index (χ3v) is 2.51. The number of carboxylic acids is 1. The summed E-state index contributed by atoms with van der Waals surface area (Å²) >= 11 is 0. The minimum atomic E-state index is -1.45. The molecule has 0 fully saturated rings. The number of ketones is 1. The second kappa shape index (κ2) is 4.79. The lowest BCUT2D eigenvalue weighted by Crippen LogP contribution is -2.11. The van der Waals surface area contributed by atoms with Gasteiger partial charge in [0.05, 0.1) is 0 Å². The summed E-state index contributed by atoms with van der Waals surface area (Å²) in [5, 5.41) is 8.95. The summed E-state index contributed by atoms with van der Waals surface area (Å²) < 4.78 is 13.4. The summed E-state index contributed by atoms with van der Waals surface area (Å²) in [6.07, 6.45) is 0. The second-order valence-corrected chi connectivity index (χ2v) is 3.66. The summed E-state index contributed by atoms with van der Waals surface area (Å²) in [4.78, 5) is 23.1. The Balaban J connectivity index is 2.56. The zero-order chi connectivity index (χ0) is 13.1. The molecule has 1 N–H and O–H groups in total. The topological polar surface area (TPSA) is 54.4 Å². The Morgan fingerprint density at radius 3 is 2.22 bits per heavy atom. The van der Waals surface area contributed by atoms with Crippen molar-refractivity contribution < 1.29 is 19.1 Å². The Labute approximate surface area is 103 Å². The number of carbonyl (C=O) groups is 2. The van der Waals surface area contributed by atoms with Gasteiger partial charge in [0.25, 0.3) is 0 Å². The number of hydrogen-bond donors (Lipinski definition) is 1. The van der Waals surface area contributed by atoms with E-state index in [9.17, 15) is 14.0 Å². The lowest BCUT2D eigenvalue weighted by molar-refractivity contribution is 0.0687. The van der Waals surface area contributed by atoms with Crippen LogP contribution in [0.15, 0.2) is 48.5 Å². The molecule has 0 aliphatic rings. The van der Waals surface area contributed by atoms with Crippen molar-refractivity contribution in [1.82, 2.24) is 0 Å². The first-order valence-corrected chi connectivity index (χ1v) is 5.23. The molecule has 0 unspecified atom stereocenters. The predicted molar refractivity (Wildman–Crippen MR) is 63.2 cm³/mol. The van der Waals surface area contributed by atoms with Crippen LogP contribution < -0.4 is 0 Å². The van der Waals surface area contributed by atoms with Crippen LogP contribution in [0.3, 0.4) is 0 Å². The van der Waals surface area contributed by atoms with Crippen LogP contribution in [0.5, 0.6) is 0 Å². The third-order valence-electron chi connectivity index (χ3n) is 2.51. The number of rotatable bonds is 3.